The summed E-state index contributed by atoms with van der Waals surface area (Å²) in [5.41, 5.74) is 0.580. The number of aliphatic hydroxyl groups excluding tert-OH is 1. The second-order valence-corrected chi connectivity index (χ2v) is 4.80. The monoisotopic (exact) mass is 253 g/mol. The molecule has 0 bridgehead atoms. The Bertz CT molecular complexity index is 407. The number of rotatable bonds is 6. The van der Waals surface area contributed by atoms with E-state index in [0.29, 0.717) is 18.2 Å². The van der Waals surface area contributed by atoms with E-state index in [-0.39, 0.29) is 11.8 Å². The summed E-state index contributed by atoms with van der Waals surface area (Å²) in [5.74, 6) is -0.191. The topological polar surface area (TPSA) is 41.5 Å². The first-order chi connectivity index (χ1) is 8.61. The van der Waals surface area contributed by atoms with Gasteiger partial charge >= 0.3 is 0 Å². The quantitative estimate of drug-likeness (QED) is 0.818. The molecule has 1 fully saturated rings. The number of hydrogen-bond donors (Lipinski definition) is 2. The Morgan fingerprint density at radius 2 is 2.22 bits per heavy atom. The van der Waals surface area contributed by atoms with E-state index in [2.05, 4.69) is 5.32 Å². The molecule has 1 aromatic carbocycles. The molecular formula is C14H20FNO2. The van der Waals surface area contributed by atoms with Crippen LogP contribution in [-0.2, 0) is 0 Å². The lowest BCUT2D eigenvalue weighted by atomic mass is 10.0. The molecule has 1 aliphatic carbocycles. The van der Waals surface area contributed by atoms with Crippen LogP contribution in [0.2, 0.25) is 0 Å². The number of nitrogens with one attached hydrogen (secondary N) is 1. The summed E-state index contributed by atoms with van der Waals surface area (Å²) >= 11 is 0. The van der Waals surface area contributed by atoms with Crippen molar-refractivity contribution in [2.75, 3.05) is 6.61 Å². The van der Waals surface area contributed by atoms with Crippen LogP contribution in [0.25, 0.3) is 0 Å². The third-order valence-electron chi connectivity index (χ3n) is 3.15. The van der Waals surface area contributed by atoms with Gasteiger partial charge in [0.05, 0.1) is 12.7 Å². The maximum Gasteiger partial charge on any atom is 0.165 e. The predicted octanol–water partition coefficient (Wildman–Crippen LogP) is 2.40. The molecule has 0 saturated heterocycles. The molecule has 0 aromatic heterocycles. The molecule has 18 heavy (non-hydrogen) atoms. The minimum Gasteiger partial charge on any atom is -0.491 e. The molecule has 0 radical (unpaired) electrons. The normalized spacial score (nSPS) is 18.4. The van der Waals surface area contributed by atoms with E-state index in [1.54, 1.807) is 12.1 Å². The highest BCUT2D eigenvalue weighted by Crippen LogP contribution is 2.26. The Morgan fingerprint density at radius 1 is 1.50 bits per heavy atom. The van der Waals surface area contributed by atoms with Gasteiger partial charge < -0.3 is 15.2 Å². The van der Waals surface area contributed by atoms with Crippen molar-refractivity contribution in [1.82, 2.24) is 5.32 Å². The van der Waals surface area contributed by atoms with Gasteiger partial charge in [-0.25, -0.2) is 4.39 Å². The first kappa shape index (κ1) is 13.3. The maximum atomic E-state index is 13.7. The highest BCUT2D eigenvalue weighted by atomic mass is 19.1. The Kier molecular flexibility index (Phi) is 4.19. The van der Waals surface area contributed by atoms with Crippen molar-refractivity contribution >= 4 is 0 Å². The zero-order chi connectivity index (χ0) is 13.1. The number of benzene rings is 1. The van der Waals surface area contributed by atoms with E-state index in [0.717, 1.165) is 12.8 Å². The van der Waals surface area contributed by atoms with Gasteiger partial charge in [-0.3, -0.25) is 0 Å². The Hall–Kier alpha value is -1.13. The minimum absolute atomic E-state index is 0.0742. The van der Waals surface area contributed by atoms with Gasteiger partial charge in [0, 0.05) is 12.1 Å². The van der Waals surface area contributed by atoms with Crippen LogP contribution in [0.3, 0.4) is 0 Å². The van der Waals surface area contributed by atoms with Crippen LogP contribution in [0.1, 0.15) is 38.4 Å². The highest BCUT2D eigenvalue weighted by molar-refractivity contribution is 5.31. The molecule has 0 heterocycles. The average molecular weight is 253 g/mol. The Balaban J connectivity index is 2.04. The fourth-order valence-corrected chi connectivity index (χ4v) is 1.98. The fraction of sp³-hybridized carbons (Fsp3) is 0.571. The summed E-state index contributed by atoms with van der Waals surface area (Å²) in [4.78, 5) is 0. The first-order valence-electron chi connectivity index (χ1n) is 6.48. The van der Waals surface area contributed by atoms with Crippen LogP contribution >= 0.6 is 0 Å². The summed E-state index contributed by atoms with van der Waals surface area (Å²) in [6, 6.07) is 5.07. The van der Waals surface area contributed by atoms with Gasteiger partial charge in [0.2, 0.25) is 0 Å². The van der Waals surface area contributed by atoms with Gasteiger partial charge in [-0.15, -0.1) is 0 Å². The number of ether oxygens (including phenoxy) is 1. The van der Waals surface area contributed by atoms with Crippen LogP contribution in [0, 0.1) is 5.82 Å². The second kappa shape index (κ2) is 5.67. The van der Waals surface area contributed by atoms with E-state index >= 15 is 0 Å². The molecular weight excluding hydrogens is 233 g/mol. The predicted molar refractivity (Wildman–Crippen MR) is 68.1 cm³/mol. The highest BCUT2D eigenvalue weighted by Gasteiger charge is 2.26. The zero-order valence-electron chi connectivity index (χ0n) is 10.8. The first-order valence-corrected chi connectivity index (χ1v) is 6.48. The lowest BCUT2D eigenvalue weighted by molar-refractivity contribution is 0.134. The van der Waals surface area contributed by atoms with Crippen molar-refractivity contribution in [3.05, 3.63) is 29.6 Å². The molecule has 0 aliphatic heterocycles. The van der Waals surface area contributed by atoms with Crippen LogP contribution in [-0.4, -0.2) is 23.8 Å². The summed E-state index contributed by atoms with van der Waals surface area (Å²) < 4.78 is 18.8. The van der Waals surface area contributed by atoms with E-state index in [1.807, 2.05) is 13.8 Å². The average Bonchev–Trinajstić information content (AvgIpc) is 3.15. The molecule has 2 rings (SSSR count). The van der Waals surface area contributed by atoms with Gasteiger partial charge in [0.15, 0.2) is 11.6 Å². The molecule has 0 spiro atoms. The Labute approximate surface area is 107 Å². The van der Waals surface area contributed by atoms with Gasteiger partial charge in [-0.1, -0.05) is 6.07 Å². The maximum absolute atomic E-state index is 13.7. The number of halogens is 1. The molecule has 4 heteroatoms. The standard InChI is InChI=1S/C14H20FNO2/c1-3-18-13-7-4-10(8-12(13)15)14(17)9(2)16-11-5-6-11/h4,7-9,11,14,16-17H,3,5-6H2,1-2H3. The van der Waals surface area contributed by atoms with Crippen molar-refractivity contribution in [3.63, 3.8) is 0 Å². The van der Waals surface area contributed by atoms with Crippen molar-refractivity contribution in [1.29, 1.82) is 0 Å². The summed E-state index contributed by atoms with van der Waals surface area (Å²) in [5, 5.41) is 13.4. The van der Waals surface area contributed by atoms with E-state index in [1.165, 1.54) is 6.07 Å². The summed E-state index contributed by atoms with van der Waals surface area (Å²) in [7, 11) is 0. The van der Waals surface area contributed by atoms with E-state index < -0.39 is 11.9 Å². The van der Waals surface area contributed by atoms with E-state index in [9.17, 15) is 9.50 Å². The number of aliphatic hydroxyl groups is 1. The van der Waals surface area contributed by atoms with Crippen molar-refractivity contribution in [2.45, 2.75) is 44.9 Å². The van der Waals surface area contributed by atoms with Crippen molar-refractivity contribution < 1.29 is 14.2 Å². The lowest BCUT2D eigenvalue weighted by Crippen LogP contribution is -2.33. The molecule has 1 aromatic rings. The molecule has 3 nitrogen and oxygen atoms in total. The molecule has 2 atom stereocenters. The third-order valence-corrected chi connectivity index (χ3v) is 3.15. The molecule has 1 aliphatic rings. The fourth-order valence-electron chi connectivity index (χ4n) is 1.98. The third kappa shape index (κ3) is 3.21. The van der Waals surface area contributed by atoms with Crippen molar-refractivity contribution in [2.24, 2.45) is 0 Å². The zero-order valence-corrected chi connectivity index (χ0v) is 10.8. The van der Waals surface area contributed by atoms with Gasteiger partial charge in [0.1, 0.15) is 0 Å². The van der Waals surface area contributed by atoms with Gasteiger partial charge in [0.25, 0.3) is 0 Å². The Morgan fingerprint density at radius 3 is 2.78 bits per heavy atom. The largest absolute Gasteiger partial charge is 0.491 e. The number of hydrogen-bond acceptors (Lipinski definition) is 3. The molecule has 100 valence electrons. The van der Waals surface area contributed by atoms with Crippen molar-refractivity contribution in [3.8, 4) is 5.75 Å². The molecule has 2 N–H and O–H groups in total. The molecule has 1 saturated carbocycles. The molecule has 2 unspecified atom stereocenters. The van der Waals surface area contributed by atoms with Crippen LogP contribution < -0.4 is 10.1 Å². The van der Waals surface area contributed by atoms with Crippen LogP contribution in [0.5, 0.6) is 5.75 Å². The molecule has 0 amide bonds. The van der Waals surface area contributed by atoms with E-state index in [4.69, 9.17) is 4.74 Å². The SMILES string of the molecule is CCOc1ccc(C(O)C(C)NC2CC2)cc1F. The van der Waals surface area contributed by atoms with Gasteiger partial charge in [-0.2, -0.15) is 0 Å². The van der Waals surface area contributed by atoms with Crippen LogP contribution in [0.15, 0.2) is 18.2 Å². The minimum atomic E-state index is -0.698. The summed E-state index contributed by atoms with van der Waals surface area (Å²) in [6.45, 7) is 4.15. The van der Waals surface area contributed by atoms with Gasteiger partial charge in [-0.05, 0) is 44.4 Å². The van der Waals surface area contributed by atoms with Crippen LogP contribution in [0.4, 0.5) is 4.39 Å². The lowest BCUT2D eigenvalue weighted by Gasteiger charge is -2.21. The summed E-state index contributed by atoms with van der Waals surface area (Å²) in [6.07, 6.45) is 1.62. The second-order valence-electron chi connectivity index (χ2n) is 4.80. The smallest absolute Gasteiger partial charge is 0.165 e.